The van der Waals surface area contributed by atoms with Gasteiger partial charge in [-0.2, -0.15) is 13.2 Å². The third-order valence-electron chi connectivity index (χ3n) is 6.25. The Morgan fingerprint density at radius 1 is 1.04 bits per heavy atom. The molecule has 2 amide bonds. The van der Waals surface area contributed by atoms with Gasteiger partial charge in [0.2, 0.25) is 5.91 Å². The Morgan fingerprint density at radius 2 is 1.64 bits per heavy atom. The summed E-state index contributed by atoms with van der Waals surface area (Å²) in [6, 6.07) is -0.176. The van der Waals surface area contributed by atoms with Crippen molar-refractivity contribution < 1.29 is 27.5 Å². The number of alkyl halides is 3. The molecular formula is C20H31F3N2O3. The van der Waals surface area contributed by atoms with Gasteiger partial charge in [0.1, 0.15) is 5.60 Å². The van der Waals surface area contributed by atoms with Crippen molar-refractivity contribution in [3.8, 4) is 0 Å². The number of halogens is 3. The van der Waals surface area contributed by atoms with E-state index in [1.54, 1.807) is 4.90 Å². The molecule has 0 aromatic carbocycles. The van der Waals surface area contributed by atoms with Crippen molar-refractivity contribution in [3.05, 3.63) is 0 Å². The first-order valence-corrected chi connectivity index (χ1v) is 10.3. The zero-order valence-electron chi connectivity index (χ0n) is 16.9. The maximum atomic E-state index is 12.8. The summed E-state index contributed by atoms with van der Waals surface area (Å²) in [5, 5.41) is 2.97. The highest BCUT2D eigenvalue weighted by Gasteiger charge is 2.55. The van der Waals surface area contributed by atoms with Crippen LogP contribution in [-0.2, 0) is 9.53 Å². The van der Waals surface area contributed by atoms with E-state index >= 15 is 0 Å². The van der Waals surface area contributed by atoms with Crippen molar-refractivity contribution in [2.75, 3.05) is 6.54 Å². The summed E-state index contributed by atoms with van der Waals surface area (Å²) in [6.07, 6.45) is -0.656. The maximum absolute atomic E-state index is 12.8. The van der Waals surface area contributed by atoms with E-state index in [2.05, 4.69) is 5.32 Å². The zero-order chi connectivity index (χ0) is 20.7. The molecule has 0 aromatic rings. The van der Waals surface area contributed by atoms with Gasteiger partial charge in [-0.1, -0.05) is 0 Å². The third kappa shape index (κ3) is 4.92. The van der Waals surface area contributed by atoms with Crippen LogP contribution in [0.5, 0.6) is 0 Å². The molecule has 0 bridgehead atoms. The smallest absolute Gasteiger partial charge is 0.410 e. The van der Waals surface area contributed by atoms with E-state index in [1.165, 1.54) is 0 Å². The Hall–Kier alpha value is -1.47. The molecule has 3 aliphatic rings. The van der Waals surface area contributed by atoms with Gasteiger partial charge in [0.25, 0.3) is 0 Å². The SMILES string of the molecule is CC(C)(C)OC(=O)N1CCC(C(=O)NC2CCC(C(F)(F)F)CC2)CC12CC2. The lowest BCUT2D eigenvalue weighted by molar-refractivity contribution is -0.182. The van der Waals surface area contributed by atoms with Gasteiger partial charge in [-0.05, 0) is 72.1 Å². The van der Waals surface area contributed by atoms with Crippen LogP contribution in [0.1, 0.15) is 72.1 Å². The summed E-state index contributed by atoms with van der Waals surface area (Å²) < 4.78 is 43.9. The first-order chi connectivity index (χ1) is 12.9. The van der Waals surface area contributed by atoms with Crippen LogP contribution in [0, 0.1) is 11.8 Å². The van der Waals surface area contributed by atoms with E-state index in [4.69, 9.17) is 4.74 Å². The monoisotopic (exact) mass is 404 g/mol. The summed E-state index contributed by atoms with van der Waals surface area (Å²) in [5.74, 6) is -1.51. The molecular weight excluding hydrogens is 373 g/mol. The van der Waals surface area contributed by atoms with Crippen molar-refractivity contribution in [2.24, 2.45) is 11.8 Å². The highest BCUT2D eigenvalue weighted by atomic mass is 19.4. The van der Waals surface area contributed by atoms with Crippen LogP contribution in [-0.4, -0.2) is 46.8 Å². The number of carbonyl (C=O) groups is 2. The maximum Gasteiger partial charge on any atom is 0.410 e. The average molecular weight is 404 g/mol. The summed E-state index contributed by atoms with van der Waals surface area (Å²) in [6.45, 7) is 5.97. The number of carbonyl (C=O) groups excluding carboxylic acids is 2. The van der Waals surface area contributed by atoms with Crippen LogP contribution in [0.15, 0.2) is 0 Å². The quantitative estimate of drug-likeness (QED) is 0.742. The van der Waals surface area contributed by atoms with Gasteiger partial charge in [-0.3, -0.25) is 4.79 Å². The molecule has 28 heavy (non-hydrogen) atoms. The Balaban J connectivity index is 1.50. The molecule has 3 rings (SSSR count). The van der Waals surface area contributed by atoms with Gasteiger partial charge in [0, 0.05) is 24.0 Å². The second kappa shape index (κ2) is 7.41. The molecule has 1 saturated heterocycles. The zero-order valence-corrected chi connectivity index (χ0v) is 16.9. The van der Waals surface area contributed by atoms with Crippen molar-refractivity contribution >= 4 is 12.0 Å². The molecule has 1 N–H and O–H groups in total. The first-order valence-electron chi connectivity index (χ1n) is 10.3. The summed E-state index contributed by atoms with van der Waals surface area (Å²) >= 11 is 0. The van der Waals surface area contributed by atoms with E-state index in [9.17, 15) is 22.8 Å². The van der Waals surface area contributed by atoms with Gasteiger partial charge < -0.3 is 15.0 Å². The predicted molar refractivity (Wildman–Crippen MR) is 97.6 cm³/mol. The van der Waals surface area contributed by atoms with Crippen LogP contribution in [0.4, 0.5) is 18.0 Å². The van der Waals surface area contributed by atoms with E-state index < -0.39 is 17.7 Å². The van der Waals surface area contributed by atoms with Crippen molar-refractivity contribution in [1.82, 2.24) is 10.2 Å². The first kappa shape index (κ1) is 21.2. The third-order valence-corrected chi connectivity index (χ3v) is 6.25. The molecule has 1 aliphatic heterocycles. The Bertz CT molecular complexity index is 603. The minimum atomic E-state index is -4.14. The number of amides is 2. The largest absolute Gasteiger partial charge is 0.444 e. The lowest BCUT2D eigenvalue weighted by atomic mass is 9.84. The lowest BCUT2D eigenvalue weighted by Crippen LogP contribution is -2.53. The summed E-state index contributed by atoms with van der Waals surface area (Å²) in [4.78, 5) is 27.0. The highest BCUT2D eigenvalue weighted by molar-refractivity contribution is 5.80. The fraction of sp³-hybridized carbons (Fsp3) is 0.900. The fourth-order valence-electron chi connectivity index (χ4n) is 4.52. The van der Waals surface area contributed by atoms with Crippen LogP contribution < -0.4 is 5.32 Å². The number of likely N-dealkylation sites (tertiary alicyclic amines) is 1. The van der Waals surface area contributed by atoms with Gasteiger partial charge >= 0.3 is 12.3 Å². The van der Waals surface area contributed by atoms with E-state index in [0.717, 1.165) is 12.8 Å². The molecule has 8 heteroatoms. The molecule has 0 aromatic heterocycles. The van der Waals surface area contributed by atoms with Crippen molar-refractivity contribution in [3.63, 3.8) is 0 Å². The number of rotatable bonds is 2. The molecule has 1 unspecified atom stereocenters. The Kier molecular flexibility index (Phi) is 5.62. The van der Waals surface area contributed by atoms with Crippen LogP contribution >= 0.6 is 0 Å². The number of ether oxygens (including phenoxy) is 1. The molecule has 2 saturated carbocycles. The van der Waals surface area contributed by atoms with Crippen molar-refractivity contribution in [1.29, 1.82) is 0 Å². The molecule has 1 heterocycles. The van der Waals surface area contributed by atoms with E-state index in [1.807, 2.05) is 20.8 Å². The van der Waals surface area contributed by atoms with E-state index in [-0.39, 0.29) is 42.3 Å². The molecule has 2 aliphatic carbocycles. The van der Waals surface area contributed by atoms with Crippen LogP contribution in [0.25, 0.3) is 0 Å². The van der Waals surface area contributed by atoms with Gasteiger partial charge in [-0.15, -0.1) is 0 Å². The van der Waals surface area contributed by atoms with E-state index in [0.29, 0.717) is 32.2 Å². The Labute approximate surface area is 164 Å². The second-order valence-electron chi connectivity index (χ2n) is 9.64. The van der Waals surface area contributed by atoms with Crippen LogP contribution in [0.2, 0.25) is 0 Å². The van der Waals surface area contributed by atoms with Gasteiger partial charge in [-0.25, -0.2) is 4.79 Å². The standard InChI is InChI=1S/C20H31F3N2O3/c1-18(2,3)28-17(27)25-11-8-13(12-19(25)9-10-19)16(26)24-15-6-4-14(5-7-15)20(21,22)23/h13-15H,4-12H2,1-3H3,(H,24,26). The second-order valence-corrected chi connectivity index (χ2v) is 9.64. The summed E-state index contributed by atoms with van der Waals surface area (Å²) in [5.41, 5.74) is -0.840. The minimum Gasteiger partial charge on any atom is -0.444 e. The number of nitrogens with one attached hydrogen (secondary N) is 1. The normalized spacial score (nSPS) is 30.1. The topological polar surface area (TPSA) is 58.6 Å². The number of piperidine rings is 1. The minimum absolute atomic E-state index is 0.0782. The molecule has 5 nitrogen and oxygen atoms in total. The fourth-order valence-corrected chi connectivity index (χ4v) is 4.52. The average Bonchev–Trinajstić information content (AvgIpc) is 3.32. The van der Waals surface area contributed by atoms with Crippen LogP contribution in [0.3, 0.4) is 0 Å². The van der Waals surface area contributed by atoms with Crippen molar-refractivity contribution in [2.45, 2.75) is 95.5 Å². The summed E-state index contributed by atoms with van der Waals surface area (Å²) in [7, 11) is 0. The van der Waals surface area contributed by atoms with Gasteiger partial charge in [0.15, 0.2) is 0 Å². The molecule has 3 fully saturated rings. The molecule has 0 radical (unpaired) electrons. The number of hydrogen-bond acceptors (Lipinski definition) is 3. The number of hydrogen-bond donors (Lipinski definition) is 1. The molecule has 1 spiro atoms. The predicted octanol–water partition coefficient (Wildman–Crippen LogP) is 4.40. The molecule has 1 atom stereocenters. The molecule has 160 valence electrons. The Morgan fingerprint density at radius 3 is 2.14 bits per heavy atom. The lowest BCUT2D eigenvalue weighted by Gasteiger charge is -2.40. The highest BCUT2D eigenvalue weighted by Crippen LogP contribution is 2.50. The number of nitrogens with zero attached hydrogens (tertiary/aromatic N) is 1. The van der Waals surface area contributed by atoms with Gasteiger partial charge in [0.05, 0.1) is 5.92 Å².